The minimum absolute atomic E-state index is 0.128. The van der Waals surface area contributed by atoms with Gasteiger partial charge in [-0.3, -0.25) is 0 Å². The van der Waals surface area contributed by atoms with Gasteiger partial charge in [0.2, 0.25) is 0 Å². The fourth-order valence-corrected chi connectivity index (χ4v) is 29.8. The lowest BCUT2D eigenvalue weighted by Gasteiger charge is -2.36. The monoisotopic (exact) mass is 975 g/mol. The minimum atomic E-state index is -1.64. The zero-order valence-electron chi connectivity index (χ0n) is 41.3. The van der Waals surface area contributed by atoms with Gasteiger partial charge in [0.15, 0.2) is 0 Å². The van der Waals surface area contributed by atoms with Crippen molar-refractivity contribution in [3.8, 4) is 0 Å². The van der Waals surface area contributed by atoms with Crippen LogP contribution < -0.4 is 26.5 Å². The fourth-order valence-electron chi connectivity index (χ4n) is 10.7. The standard InChI is InChI=1S/C56H84N2OP2Si4/c1-10-38-62(4,5)41-26-45-65(46-27-42-63(6,7)39-11-2,47-28-43-64(8,9)40-12-3)44-25-37-57-56(59)58-48-54(60(50-29-17-13-18-30-50)51-31-19-14-20-32-51)55(49-58)61(52-33-21-15-22-34-52)53-35-23-16-24-36-53/h10-24,29-36,54-55H,1-3,25-28,37-49H2,4-9H3,(H,57,59)/t54-,55-/m1/s1. The highest BCUT2D eigenvalue weighted by atomic mass is 31.1. The van der Waals surface area contributed by atoms with E-state index in [4.69, 9.17) is 0 Å². The normalized spacial score (nSPS) is 15.9. The number of carbonyl (C=O) groups excluding carboxylic acids is 1. The van der Waals surface area contributed by atoms with Crippen molar-refractivity contribution in [2.75, 3.05) is 19.6 Å². The Labute approximate surface area is 403 Å². The summed E-state index contributed by atoms with van der Waals surface area (Å²) in [5, 5.41) is 9.15. The zero-order valence-corrected chi connectivity index (χ0v) is 47.1. The van der Waals surface area contributed by atoms with Crippen molar-refractivity contribution in [1.29, 1.82) is 0 Å². The molecule has 9 heteroatoms. The van der Waals surface area contributed by atoms with Crippen LogP contribution in [-0.2, 0) is 0 Å². The first-order valence-corrected chi connectivity index (χ1v) is 40.7. The Morgan fingerprint density at radius 3 is 1.09 bits per heavy atom. The number of carbonyl (C=O) groups is 1. The molecule has 0 aromatic heterocycles. The molecule has 1 saturated heterocycles. The minimum Gasteiger partial charge on any atom is -0.338 e. The molecule has 0 unspecified atom stereocenters. The van der Waals surface area contributed by atoms with Crippen LogP contribution in [0.3, 0.4) is 0 Å². The lowest BCUT2D eigenvalue weighted by molar-refractivity contribution is 0.209. The van der Waals surface area contributed by atoms with Crippen molar-refractivity contribution in [2.24, 2.45) is 0 Å². The van der Waals surface area contributed by atoms with Gasteiger partial charge in [0.25, 0.3) is 0 Å². The number of hydrogen-bond acceptors (Lipinski definition) is 1. The number of benzene rings is 4. The summed E-state index contributed by atoms with van der Waals surface area (Å²) in [6.45, 7) is 30.1. The van der Waals surface area contributed by atoms with Crippen LogP contribution in [0.15, 0.2) is 159 Å². The third kappa shape index (κ3) is 16.7. The van der Waals surface area contributed by atoms with Crippen molar-refractivity contribution in [2.45, 2.75) is 137 Å². The molecule has 350 valence electrons. The van der Waals surface area contributed by atoms with Crippen molar-refractivity contribution in [3.05, 3.63) is 159 Å². The van der Waals surface area contributed by atoms with Crippen LogP contribution in [0.25, 0.3) is 0 Å². The van der Waals surface area contributed by atoms with Crippen LogP contribution in [0.1, 0.15) is 25.7 Å². The van der Waals surface area contributed by atoms with Crippen LogP contribution in [0, 0.1) is 0 Å². The van der Waals surface area contributed by atoms with E-state index >= 15 is 0 Å². The van der Waals surface area contributed by atoms with Gasteiger partial charge in [0, 0.05) is 31.0 Å². The smallest absolute Gasteiger partial charge is 0.317 e. The number of urea groups is 1. The van der Waals surface area contributed by atoms with Crippen LogP contribution in [0.4, 0.5) is 4.79 Å². The van der Waals surface area contributed by atoms with E-state index in [1.807, 2.05) is 0 Å². The van der Waals surface area contributed by atoms with E-state index in [1.54, 1.807) is 0 Å². The van der Waals surface area contributed by atoms with Gasteiger partial charge in [0.1, 0.15) is 0 Å². The van der Waals surface area contributed by atoms with Crippen LogP contribution in [0.5, 0.6) is 0 Å². The number of hydrogen-bond donors (Lipinski definition) is 1. The summed E-state index contributed by atoms with van der Waals surface area (Å²) in [5.74, 6) is 0. The first kappa shape index (κ1) is 53.1. The Morgan fingerprint density at radius 1 is 0.508 bits per heavy atom. The number of nitrogens with one attached hydrogen (secondary N) is 1. The van der Waals surface area contributed by atoms with E-state index in [1.165, 1.54) is 101 Å². The van der Waals surface area contributed by atoms with E-state index in [-0.39, 0.29) is 6.03 Å². The highest BCUT2D eigenvalue weighted by molar-refractivity contribution is 7.77. The molecule has 4 aromatic rings. The molecule has 0 aliphatic carbocycles. The van der Waals surface area contributed by atoms with E-state index in [9.17, 15) is 4.79 Å². The van der Waals surface area contributed by atoms with Crippen molar-refractivity contribution in [1.82, 2.24) is 10.2 Å². The highest BCUT2D eigenvalue weighted by Crippen LogP contribution is 2.54. The van der Waals surface area contributed by atoms with Crippen LogP contribution in [0.2, 0.25) is 99.7 Å². The largest absolute Gasteiger partial charge is 0.338 e. The van der Waals surface area contributed by atoms with Gasteiger partial charge >= 0.3 is 6.03 Å². The first-order chi connectivity index (χ1) is 31.2. The molecule has 0 saturated carbocycles. The van der Waals surface area contributed by atoms with Gasteiger partial charge in [-0.05, 0) is 61.6 Å². The lowest BCUT2D eigenvalue weighted by atomic mass is 10.3. The van der Waals surface area contributed by atoms with E-state index < -0.39 is 48.1 Å². The number of amides is 2. The predicted octanol–water partition coefficient (Wildman–Crippen LogP) is 14.7. The Balaban J connectivity index is 1.40. The van der Waals surface area contributed by atoms with Gasteiger partial charge in [-0.2, -0.15) is 0 Å². The molecule has 0 radical (unpaired) electrons. The Hall–Kier alpha value is -2.90. The van der Waals surface area contributed by atoms with Crippen molar-refractivity contribution in [3.63, 3.8) is 0 Å². The molecular formula is C56H84N2OP2Si4. The van der Waals surface area contributed by atoms with Crippen molar-refractivity contribution < 1.29 is 4.79 Å². The molecule has 2 atom stereocenters. The molecule has 1 aliphatic heterocycles. The highest BCUT2D eigenvalue weighted by Gasteiger charge is 2.45. The van der Waals surface area contributed by atoms with Gasteiger partial charge in [-0.25, -0.2) is 4.79 Å². The van der Waals surface area contributed by atoms with E-state index in [0.717, 1.165) is 26.1 Å². The maximum Gasteiger partial charge on any atom is 0.317 e. The second-order valence-corrected chi connectivity index (χ2v) is 47.1. The topological polar surface area (TPSA) is 32.3 Å². The summed E-state index contributed by atoms with van der Waals surface area (Å²) in [7, 11) is -7.02. The summed E-state index contributed by atoms with van der Waals surface area (Å²) in [5.41, 5.74) is 0.618. The third-order valence-electron chi connectivity index (χ3n) is 14.3. The van der Waals surface area contributed by atoms with E-state index in [0.29, 0.717) is 11.3 Å². The zero-order chi connectivity index (χ0) is 46.8. The maximum absolute atomic E-state index is 14.7. The quantitative estimate of drug-likeness (QED) is 0.0262. The molecule has 4 aromatic carbocycles. The summed E-state index contributed by atoms with van der Waals surface area (Å²) in [6.07, 6.45) is 11.8. The summed E-state index contributed by atoms with van der Waals surface area (Å²) >= 11 is 0. The van der Waals surface area contributed by atoms with Gasteiger partial charge in [-0.15, -0.1) is 19.7 Å². The molecule has 2 amide bonds. The second kappa shape index (κ2) is 26.0. The molecule has 1 aliphatic rings. The summed E-state index contributed by atoms with van der Waals surface area (Å²) in [6, 6.07) is 58.4. The lowest BCUT2D eigenvalue weighted by Crippen LogP contribution is -2.41. The molecule has 1 heterocycles. The van der Waals surface area contributed by atoms with Gasteiger partial charge in [0.05, 0.1) is 32.3 Å². The molecular weight excluding hydrogens is 891 g/mol. The van der Waals surface area contributed by atoms with Crippen LogP contribution in [-0.4, -0.2) is 74.2 Å². The van der Waals surface area contributed by atoms with Crippen LogP contribution >= 0.6 is 15.8 Å². The number of likely N-dealkylation sites (tertiary alicyclic amines) is 1. The average Bonchev–Trinajstić information content (AvgIpc) is 3.70. The molecule has 5 rings (SSSR count). The molecule has 65 heavy (non-hydrogen) atoms. The first-order valence-electron chi connectivity index (χ1n) is 24.9. The number of allylic oxidation sites excluding steroid dienone is 3. The van der Waals surface area contributed by atoms with Crippen molar-refractivity contribution >= 4 is 75.4 Å². The number of nitrogens with zero attached hydrogens (tertiary/aromatic N) is 1. The molecule has 1 N–H and O–H groups in total. The molecule has 0 spiro atoms. The molecule has 1 fully saturated rings. The van der Waals surface area contributed by atoms with E-state index in [2.05, 4.69) is 209 Å². The summed E-state index contributed by atoms with van der Waals surface area (Å²) < 4.78 is 0. The number of rotatable bonds is 28. The van der Waals surface area contributed by atoms with Gasteiger partial charge < -0.3 is 10.2 Å². The Kier molecular flexibility index (Phi) is 21.2. The van der Waals surface area contributed by atoms with Gasteiger partial charge in [-0.1, -0.05) is 240 Å². The summed E-state index contributed by atoms with van der Waals surface area (Å²) in [4.78, 5) is 16.9. The average molecular weight is 976 g/mol. The predicted molar refractivity (Wildman–Crippen MR) is 306 cm³/mol. The molecule has 3 nitrogen and oxygen atoms in total. The fraction of sp³-hybridized carbons (Fsp3) is 0.446. The third-order valence-corrected chi connectivity index (χ3v) is 35.3. The Morgan fingerprint density at radius 2 is 0.800 bits per heavy atom. The SMILES string of the molecule is C=CC[Si](C)(C)CCC[Si](CCCNC(=O)N1C[C@@H](P(c2ccccc2)c2ccccc2)[C@H](P(c2ccccc2)c2ccccc2)C1)(CCC[Si](C)(C)CC=C)CCC[Si](C)(C)CC=C. The maximum atomic E-state index is 14.7. The second-order valence-electron chi connectivity index (χ2n) is 21.5. The Bertz CT molecular complexity index is 1790. The molecule has 0 bridgehead atoms.